The van der Waals surface area contributed by atoms with Crippen LogP contribution in [0.4, 0.5) is 5.13 Å². The molecule has 0 radical (unpaired) electrons. The van der Waals surface area contributed by atoms with Crippen LogP contribution in [0.25, 0.3) is 10.6 Å². The first-order valence-corrected chi connectivity index (χ1v) is 7.78. The fourth-order valence-corrected chi connectivity index (χ4v) is 3.63. The van der Waals surface area contributed by atoms with Gasteiger partial charge in [-0.3, -0.25) is 0 Å². The highest BCUT2D eigenvalue weighted by atomic mass is 79.9. The van der Waals surface area contributed by atoms with Gasteiger partial charge in [0, 0.05) is 5.38 Å². The van der Waals surface area contributed by atoms with E-state index in [-0.39, 0.29) is 0 Å². The molecule has 3 heterocycles. The van der Waals surface area contributed by atoms with Crippen molar-refractivity contribution in [3.63, 3.8) is 0 Å². The maximum atomic E-state index is 5.26. The molecule has 6 heteroatoms. The molecule has 3 nitrogen and oxygen atoms in total. The summed E-state index contributed by atoms with van der Waals surface area (Å²) in [5.74, 6) is 0.908. The van der Waals surface area contributed by atoms with Crippen LogP contribution in [-0.4, -0.2) is 4.98 Å². The van der Waals surface area contributed by atoms with Crippen LogP contribution in [0.2, 0.25) is 0 Å². The van der Waals surface area contributed by atoms with Gasteiger partial charge in [-0.1, -0.05) is 0 Å². The molecule has 0 aliphatic heterocycles. The summed E-state index contributed by atoms with van der Waals surface area (Å²) in [6.45, 7) is 0.661. The van der Waals surface area contributed by atoms with Crippen molar-refractivity contribution in [2.24, 2.45) is 0 Å². The van der Waals surface area contributed by atoms with Gasteiger partial charge in [0.1, 0.15) is 5.76 Å². The summed E-state index contributed by atoms with van der Waals surface area (Å²) in [5.41, 5.74) is 1.01. The van der Waals surface area contributed by atoms with Crippen molar-refractivity contribution in [3.8, 4) is 10.6 Å². The zero-order valence-electron chi connectivity index (χ0n) is 9.22. The molecule has 3 rings (SSSR count). The van der Waals surface area contributed by atoms with Crippen LogP contribution in [-0.2, 0) is 6.54 Å². The monoisotopic (exact) mass is 340 g/mol. The molecule has 0 amide bonds. The first-order valence-electron chi connectivity index (χ1n) is 5.29. The number of aromatic nitrogens is 1. The van der Waals surface area contributed by atoms with Crippen molar-refractivity contribution >= 4 is 43.7 Å². The van der Waals surface area contributed by atoms with E-state index in [2.05, 4.69) is 37.7 Å². The van der Waals surface area contributed by atoms with Gasteiger partial charge < -0.3 is 9.73 Å². The number of nitrogens with zero attached hydrogens (tertiary/aromatic N) is 1. The van der Waals surface area contributed by atoms with Gasteiger partial charge in [-0.25, -0.2) is 4.98 Å². The molecule has 0 fully saturated rings. The van der Waals surface area contributed by atoms with E-state index in [0.29, 0.717) is 6.54 Å². The van der Waals surface area contributed by atoms with E-state index in [1.165, 1.54) is 4.88 Å². The van der Waals surface area contributed by atoms with Crippen molar-refractivity contribution in [3.05, 3.63) is 45.5 Å². The molecule has 3 aromatic rings. The zero-order chi connectivity index (χ0) is 12.4. The van der Waals surface area contributed by atoms with Gasteiger partial charge in [0.05, 0.1) is 27.2 Å². The van der Waals surface area contributed by atoms with Gasteiger partial charge in [0.2, 0.25) is 0 Å². The van der Waals surface area contributed by atoms with E-state index >= 15 is 0 Å². The van der Waals surface area contributed by atoms with Crippen LogP contribution in [0, 0.1) is 0 Å². The van der Waals surface area contributed by atoms with E-state index in [1.54, 1.807) is 28.9 Å². The highest BCUT2D eigenvalue weighted by Crippen LogP contribution is 2.33. The van der Waals surface area contributed by atoms with Gasteiger partial charge in [0.15, 0.2) is 5.13 Å². The van der Waals surface area contributed by atoms with Crippen molar-refractivity contribution in [2.45, 2.75) is 6.54 Å². The SMILES string of the molecule is Brc1ccc(-c2csc(NCc3ccco3)n2)s1. The van der Waals surface area contributed by atoms with Crippen LogP contribution in [0.15, 0.2) is 44.1 Å². The summed E-state index contributed by atoms with van der Waals surface area (Å²) in [6, 6.07) is 7.93. The quantitative estimate of drug-likeness (QED) is 0.738. The van der Waals surface area contributed by atoms with E-state index in [9.17, 15) is 0 Å². The lowest BCUT2D eigenvalue weighted by atomic mass is 10.4. The fraction of sp³-hybridized carbons (Fsp3) is 0.0833. The summed E-state index contributed by atoms with van der Waals surface area (Å²) in [4.78, 5) is 5.72. The second kappa shape index (κ2) is 5.26. The van der Waals surface area contributed by atoms with Crippen molar-refractivity contribution in [1.82, 2.24) is 4.98 Å². The minimum Gasteiger partial charge on any atom is -0.467 e. The maximum Gasteiger partial charge on any atom is 0.183 e. The Hall–Kier alpha value is -1.11. The first kappa shape index (κ1) is 12.0. The number of hydrogen-bond acceptors (Lipinski definition) is 5. The van der Waals surface area contributed by atoms with Gasteiger partial charge in [-0.15, -0.1) is 22.7 Å². The first-order chi connectivity index (χ1) is 8.81. The number of thiazole rings is 1. The second-order valence-electron chi connectivity index (χ2n) is 3.57. The number of halogens is 1. The highest BCUT2D eigenvalue weighted by molar-refractivity contribution is 9.11. The average Bonchev–Trinajstić information content (AvgIpc) is 3.07. The number of thiophene rings is 1. The normalized spacial score (nSPS) is 10.7. The molecule has 0 bridgehead atoms. The molecule has 92 valence electrons. The van der Waals surface area contributed by atoms with Gasteiger partial charge >= 0.3 is 0 Å². The van der Waals surface area contributed by atoms with Crippen LogP contribution >= 0.6 is 38.6 Å². The Balaban J connectivity index is 1.70. The predicted octanol–water partition coefficient (Wildman–Crippen LogP) is 4.84. The third-order valence-electron chi connectivity index (χ3n) is 2.32. The Kier molecular flexibility index (Phi) is 3.49. The summed E-state index contributed by atoms with van der Waals surface area (Å²) < 4.78 is 6.38. The second-order valence-corrected chi connectivity index (χ2v) is 6.90. The summed E-state index contributed by atoms with van der Waals surface area (Å²) >= 11 is 6.75. The molecule has 0 saturated carbocycles. The minimum absolute atomic E-state index is 0.661. The Morgan fingerprint density at radius 3 is 3.00 bits per heavy atom. The van der Waals surface area contributed by atoms with Crippen molar-refractivity contribution in [1.29, 1.82) is 0 Å². The van der Waals surface area contributed by atoms with Crippen LogP contribution in [0.3, 0.4) is 0 Å². The zero-order valence-corrected chi connectivity index (χ0v) is 12.4. The molecule has 0 aromatic carbocycles. The molecule has 3 aromatic heterocycles. The molecule has 0 unspecified atom stereocenters. The van der Waals surface area contributed by atoms with E-state index in [4.69, 9.17) is 4.42 Å². The third kappa shape index (κ3) is 2.66. The van der Waals surface area contributed by atoms with Crippen LogP contribution in [0.1, 0.15) is 5.76 Å². The minimum atomic E-state index is 0.661. The Labute approximate surface area is 121 Å². The summed E-state index contributed by atoms with van der Waals surface area (Å²) in [6.07, 6.45) is 1.67. The van der Waals surface area contributed by atoms with Gasteiger partial charge in [0.25, 0.3) is 0 Å². The van der Waals surface area contributed by atoms with Gasteiger partial charge in [-0.05, 0) is 40.2 Å². The molecule has 0 saturated heterocycles. The summed E-state index contributed by atoms with van der Waals surface area (Å²) in [5, 5.41) is 6.22. The van der Waals surface area contributed by atoms with Crippen LogP contribution in [0.5, 0.6) is 0 Å². The third-order valence-corrected chi connectivity index (χ3v) is 4.77. The molecule has 0 aliphatic carbocycles. The maximum absolute atomic E-state index is 5.26. The number of hydrogen-bond donors (Lipinski definition) is 1. The lowest BCUT2D eigenvalue weighted by Crippen LogP contribution is -1.97. The average molecular weight is 341 g/mol. The molecule has 0 atom stereocenters. The van der Waals surface area contributed by atoms with E-state index in [1.807, 2.05) is 18.2 Å². The molecular weight excluding hydrogens is 332 g/mol. The largest absolute Gasteiger partial charge is 0.467 e. The smallest absolute Gasteiger partial charge is 0.183 e. The number of rotatable bonds is 4. The lowest BCUT2D eigenvalue weighted by molar-refractivity contribution is 0.518. The Bertz CT molecular complexity index is 630. The van der Waals surface area contributed by atoms with Gasteiger partial charge in [-0.2, -0.15) is 0 Å². The Morgan fingerprint density at radius 2 is 2.28 bits per heavy atom. The van der Waals surface area contributed by atoms with E-state index in [0.717, 1.165) is 20.4 Å². The number of nitrogens with one attached hydrogen (secondary N) is 1. The molecule has 1 N–H and O–H groups in total. The summed E-state index contributed by atoms with van der Waals surface area (Å²) in [7, 11) is 0. The molecule has 0 spiro atoms. The Morgan fingerprint density at radius 1 is 1.33 bits per heavy atom. The van der Waals surface area contributed by atoms with Crippen LogP contribution < -0.4 is 5.32 Å². The molecular formula is C12H9BrN2OS2. The predicted molar refractivity (Wildman–Crippen MR) is 79.2 cm³/mol. The van der Waals surface area contributed by atoms with Crippen molar-refractivity contribution < 1.29 is 4.42 Å². The van der Waals surface area contributed by atoms with Crippen molar-refractivity contribution in [2.75, 3.05) is 5.32 Å². The standard InChI is InChI=1S/C12H9BrN2OS2/c13-11-4-3-10(18-11)9-7-17-12(15-9)14-6-8-2-1-5-16-8/h1-5,7H,6H2,(H,14,15). The molecule has 18 heavy (non-hydrogen) atoms. The highest BCUT2D eigenvalue weighted by Gasteiger charge is 2.07. The lowest BCUT2D eigenvalue weighted by Gasteiger charge is -1.98. The fourth-order valence-electron chi connectivity index (χ4n) is 1.50. The number of furan rings is 1. The number of anilines is 1. The van der Waals surface area contributed by atoms with E-state index < -0.39 is 0 Å². The topological polar surface area (TPSA) is 38.1 Å². The molecule has 0 aliphatic rings.